The molecule has 2 N–H and O–H groups in total. The Morgan fingerprint density at radius 2 is 2.12 bits per heavy atom. The van der Waals surface area contributed by atoms with Gasteiger partial charge in [-0.05, 0) is 29.1 Å². The highest BCUT2D eigenvalue weighted by Gasteiger charge is 2.23. The molecule has 1 unspecified atom stereocenters. The number of imidazole rings is 1. The summed E-state index contributed by atoms with van der Waals surface area (Å²) < 4.78 is 21.7. The zero-order chi connectivity index (χ0) is 21.5. The molecule has 1 aliphatic heterocycles. The van der Waals surface area contributed by atoms with Crippen molar-refractivity contribution in [2.45, 2.75) is 12.6 Å². The fourth-order valence-corrected chi connectivity index (χ4v) is 4.51. The lowest BCUT2D eigenvalue weighted by atomic mass is 10.2. The quantitative estimate of drug-likeness (QED) is 0.259. The molecule has 3 heterocycles. The standard InChI is InChI=1S/C22H27FN6OS.HI/c1-24-22(26-14-17-4-5-19(18(23)13-17)29-7-6-25-16-29)27-15-20(21-3-2-12-31-21)28-8-10-30-11-9-28;/h2-7,12-13,16,20H,8-11,14-15H2,1H3,(H2,24,26,27);1H. The van der Waals surface area contributed by atoms with Crippen molar-refractivity contribution in [2.24, 2.45) is 4.99 Å². The number of hydrogen-bond donors (Lipinski definition) is 2. The van der Waals surface area contributed by atoms with Crippen LogP contribution in [0.3, 0.4) is 0 Å². The Labute approximate surface area is 208 Å². The highest BCUT2D eigenvalue weighted by molar-refractivity contribution is 14.0. The average molecular weight is 570 g/mol. The summed E-state index contributed by atoms with van der Waals surface area (Å²) in [4.78, 5) is 12.1. The number of aliphatic imine (C=N–C) groups is 1. The Morgan fingerprint density at radius 1 is 1.28 bits per heavy atom. The van der Waals surface area contributed by atoms with Gasteiger partial charge in [0.05, 0.1) is 31.3 Å². The molecule has 0 spiro atoms. The van der Waals surface area contributed by atoms with Crippen LogP contribution in [0.5, 0.6) is 0 Å². The number of nitrogens with one attached hydrogen (secondary N) is 2. The minimum Gasteiger partial charge on any atom is -0.379 e. The van der Waals surface area contributed by atoms with E-state index in [1.54, 1.807) is 47.7 Å². The number of aromatic nitrogens is 2. The van der Waals surface area contributed by atoms with E-state index in [2.05, 4.69) is 43.0 Å². The van der Waals surface area contributed by atoms with Gasteiger partial charge in [-0.3, -0.25) is 9.89 Å². The number of thiophene rings is 1. The number of rotatable bonds is 7. The number of morpholine rings is 1. The van der Waals surface area contributed by atoms with Crippen LogP contribution in [0.1, 0.15) is 16.5 Å². The van der Waals surface area contributed by atoms with Crippen LogP contribution < -0.4 is 10.6 Å². The highest BCUT2D eigenvalue weighted by atomic mass is 127. The van der Waals surface area contributed by atoms with Crippen molar-refractivity contribution in [3.05, 3.63) is 70.7 Å². The van der Waals surface area contributed by atoms with Crippen LogP contribution in [-0.4, -0.2) is 60.3 Å². The number of hydrogen-bond acceptors (Lipinski definition) is 5. The summed E-state index contributed by atoms with van der Waals surface area (Å²) in [7, 11) is 1.74. The summed E-state index contributed by atoms with van der Waals surface area (Å²) in [5.74, 6) is 0.402. The Hall–Kier alpha value is -2.02. The van der Waals surface area contributed by atoms with Crippen molar-refractivity contribution >= 4 is 41.3 Å². The Balaban J connectivity index is 0.00000289. The van der Waals surface area contributed by atoms with Crippen LogP contribution in [0.25, 0.3) is 5.69 Å². The second kappa shape index (κ2) is 12.3. The van der Waals surface area contributed by atoms with Gasteiger partial charge < -0.3 is 19.9 Å². The van der Waals surface area contributed by atoms with Gasteiger partial charge in [-0.15, -0.1) is 35.3 Å². The van der Waals surface area contributed by atoms with Crippen LogP contribution in [0.4, 0.5) is 4.39 Å². The van der Waals surface area contributed by atoms with E-state index in [-0.39, 0.29) is 35.8 Å². The molecule has 4 rings (SSSR count). The number of guanidine groups is 1. The molecule has 1 saturated heterocycles. The van der Waals surface area contributed by atoms with E-state index in [0.29, 0.717) is 18.2 Å². The third-order valence-electron chi connectivity index (χ3n) is 5.30. The van der Waals surface area contributed by atoms with Gasteiger partial charge in [-0.25, -0.2) is 9.37 Å². The summed E-state index contributed by atoms with van der Waals surface area (Å²) in [5, 5.41) is 8.82. The van der Waals surface area contributed by atoms with Crippen molar-refractivity contribution < 1.29 is 9.13 Å². The molecular formula is C22H28FIN6OS. The summed E-state index contributed by atoms with van der Waals surface area (Å²) in [6.45, 7) is 4.55. The van der Waals surface area contributed by atoms with Crippen molar-refractivity contribution in [1.82, 2.24) is 25.1 Å². The van der Waals surface area contributed by atoms with Gasteiger partial charge in [0.15, 0.2) is 5.96 Å². The zero-order valence-corrected chi connectivity index (χ0v) is 21.1. The van der Waals surface area contributed by atoms with Gasteiger partial charge >= 0.3 is 0 Å². The maximum atomic E-state index is 14.5. The van der Waals surface area contributed by atoms with Crippen molar-refractivity contribution in [3.63, 3.8) is 0 Å². The zero-order valence-electron chi connectivity index (χ0n) is 17.9. The molecule has 0 saturated carbocycles. The summed E-state index contributed by atoms with van der Waals surface area (Å²) >= 11 is 1.77. The monoisotopic (exact) mass is 570 g/mol. The minimum absolute atomic E-state index is 0. The largest absolute Gasteiger partial charge is 0.379 e. The lowest BCUT2D eigenvalue weighted by molar-refractivity contribution is 0.0177. The third kappa shape index (κ3) is 6.27. The van der Waals surface area contributed by atoms with E-state index >= 15 is 0 Å². The molecule has 0 amide bonds. The lowest BCUT2D eigenvalue weighted by Gasteiger charge is -2.34. The molecule has 1 fully saturated rings. The van der Waals surface area contributed by atoms with E-state index < -0.39 is 0 Å². The number of benzene rings is 1. The fraction of sp³-hybridized carbons (Fsp3) is 0.364. The first kappa shape index (κ1) is 24.6. The average Bonchev–Trinajstić information content (AvgIpc) is 3.51. The topological polar surface area (TPSA) is 66.7 Å². The van der Waals surface area contributed by atoms with Crippen LogP contribution in [0.15, 0.2) is 59.4 Å². The summed E-state index contributed by atoms with van der Waals surface area (Å²) in [5.41, 5.74) is 1.32. The van der Waals surface area contributed by atoms with E-state index in [1.807, 2.05) is 6.07 Å². The Bertz CT molecular complexity index is 976. The van der Waals surface area contributed by atoms with E-state index in [9.17, 15) is 4.39 Å². The molecular weight excluding hydrogens is 542 g/mol. The van der Waals surface area contributed by atoms with Gasteiger partial charge in [0.25, 0.3) is 0 Å². The van der Waals surface area contributed by atoms with E-state index in [1.165, 1.54) is 10.9 Å². The highest BCUT2D eigenvalue weighted by Crippen LogP contribution is 2.25. The molecule has 2 aromatic heterocycles. The predicted molar refractivity (Wildman–Crippen MR) is 137 cm³/mol. The maximum Gasteiger partial charge on any atom is 0.191 e. The molecule has 1 aliphatic rings. The number of ether oxygens (including phenoxy) is 1. The minimum atomic E-state index is -0.287. The number of halogens is 2. The first-order valence-electron chi connectivity index (χ1n) is 10.3. The summed E-state index contributed by atoms with van der Waals surface area (Å²) in [6.07, 6.45) is 4.94. The second-order valence-electron chi connectivity index (χ2n) is 7.24. The normalized spacial score (nSPS) is 15.8. The molecule has 0 bridgehead atoms. The van der Waals surface area contributed by atoms with Crippen LogP contribution in [0, 0.1) is 5.82 Å². The third-order valence-corrected chi connectivity index (χ3v) is 6.27. The lowest BCUT2D eigenvalue weighted by Crippen LogP contribution is -2.46. The van der Waals surface area contributed by atoms with Gasteiger partial charge in [-0.2, -0.15) is 0 Å². The molecule has 7 nitrogen and oxygen atoms in total. The van der Waals surface area contributed by atoms with Crippen LogP contribution in [0.2, 0.25) is 0 Å². The first-order chi connectivity index (χ1) is 15.2. The first-order valence-corrected chi connectivity index (χ1v) is 11.2. The molecule has 10 heteroatoms. The number of nitrogens with zero attached hydrogens (tertiary/aromatic N) is 4. The fourth-order valence-electron chi connectivity index (χ4n) is 3.65. The molecule has 3 aromatic rings. The molecule has 1 atom stereocenters. The molecule has 1 aromatic carbocycles. The van der Waals surface area contributed by atoms with Gasteiger partial charge in [0.2, 0.25) is 0 Å². The van der Waals surface area contributed by atoms with Crippen molar-refractivity contribution in [3.8, 4) is 5.69 Å². The molecule has 32 heavy (non-hydrogen) atoms. The smallest absolute Gasteiger partial charge is 0.191 e. The van der Waals surface area contributed by atoms with Crippen molar-refractivity contribution in [1.29, 1.82) is 0 Å². The Morgan fingerprint density at radius 3 is 2.78 bits per heavy atom. The SMILES string of the molecule is CN=C(NCc1ccc(-n2ccnc2)c(F)c1)NCC(c1cccs1)N1CCOCC1.I. The van der Waals surface area contributed by atoms with E-state index in [4.69, 9.17) is 4.74 Å². The molecule has 172 valence electrons. The van der Waals surface area contributed by atoms with Gasteiger partial charge in [0.1, 0.15) is 5.82 Å². The van der Waals surface area contributed by atoms with Gasteiger partial charge in [-0.1, -0.05) is 12.1 Å². The molecule has 0 aliphatic carbocycles. The van der Waals surface area contributed by atoms with Gasteiger partial charge in [0, 0.05) is 50.5 Å². The second-order valence-corrected chi connectivity index (χ2v) is 8.22. The van der Waals surface area contributed by atoms with Crippen LogP contribution in [-0.2, 0) is 11.3 Å². The maximum absolute atomic E-state index is 14.5. The van der Waals surface area contributed by atoms with Crippen LogP contribution >= 0.6 is 35.3 Å². The predicted octanol–water partition coefficient (Wildman–Crippen LogP) is 3.43. The molecule has 0 radical (unpaired) electrons. The van der Waals surface area contributed by atoms with E-state index in [0.717, 1.165) is 38.4 Å². The Kier molecular flexibility index (Phi) is 9.45. The van der Waals surface area contributed by atoms with Crippen molar-refractivity contribution in [2.75, 3.05) is 39.9 Å². The summed E-state index contributed by atoms with van der Waals surface area (Å²) in [6, 6.07) is 9.72.